The Bertz CT molecular complexity index is 332. The minimum Gasteiger partial charge on any atom is -0.315 e. The molecular formula is C13H24N2S2. The first kappa shape index (κ1) is 15.0. The number of thiazole rings is 1. The minimum atomic E-state index is 0.526. The van der Waals surface area contributed by atoms with E-state index in [1.165, 1.54) is 21.3 Å². The summed E-state index contributed by atoms with van der Waals surface area (Å²) in [5, 5.41) is 4.51. The summed E-state index contributed by atoms with van der Waals surface area (Å²) >= 11 is 3.86. The minimum absolute atomic E-state index is 0.526. The topological polar surface area (TPSA) is 24.9 Å². The van der Waals surface area contributed by atoms with Crippen LogP contribution in [-0.2, 0) is 12.3 Å². The van der Waals surface area contributed by atoms with Crippen LogP contribution in [0, 0.1) is 5.92 Å². The molecule has 1 heterocycles. The van der Waals surface area contributed by atoms with Crippen LogP contribution in [0.1, 0.15) is 49.2 Å². The first-order valence-corrected chi connectivity index (χ1v) is 8.22. The van der Waals surface area contributed by atoms with Crippen molar-refractivity contribution in [2.45, 2.75) is 45.9 Å². The van der Waals surface area contributed by atoms with Crippen molar-refractivity contribution in [1.82, 2.24) is 10.3 Å². The SMILES string of the molecule is CNCc1sc(CSCC(C)C)nc1C(C)C. The van der Waals surface area contributed by atoms with Crippen LogP contribution >= 0.6 is 23.1 Å². The van der Waals surface area contributed by atoms with Gasteiger partial charge in [-0.25, -0.2) is 4.98 Å². The van der Waals surface area contributed by atoms with Gasteiger partial charge in [0.25, 0.3) is 0 Å². The summed E-state index contributed by atoms with van der Waals surface area (Å²) in [4.78, 5) is 6.19. The van der Waals surface area contributed by atoms with E-state index >= 15 is 0 Å². The van der Waals surface area contributed by atoms with Crippen molar-refractivity contribution in [2.75, 3.05) is 12.8 Å². The van der Waals surface area contributed by atoms with Crippen molar-refractivity contribution >= 4 is 23.1 Å². The monoisotopic (exact) mass is 272 g/mol. The Hall–Kier alpha value is -0.0600. The molecule has 1 aromatic rings. The summed E-state index contributed by atoms with van der Waals surface area (Å²) in [7, 11) is 2.00. The second kappa shape index (κ2) is 7.39. The predicted molar refractivity (Wildman–Crippen MR) is 80.0 cm³/mol. The van der Waals surface area contributed by atoms with E-state index in [4.69, 9.17) is 4.98 Å². The van der Waals surface area contributed by atoms with E-state index in [0.717, 1.165) is 18.2 Å². The smallest absolute Gasteiger partial charge is 0.103 e. The maximum atomic E-state index is 4.78. The molecule has 0 unspecified atom stereocenters. The fourth-order valence-corrected chi connectivity index (χ4v) is 3.94. The summed E-state index contributed by atoms with van der Waals surface area (Å²) in [5.74, 6) is 3.57. The van der Waals surface area contributed by atoms with Crippen molar-refractivity contribution in [3.63, 3.8) is 0 Å². The molecule has 0 aliphatic carbocycles. The molecular weight excluding hydrogens is 248 g/mol. The molecule has 0 spiro atoms. The lowest BCUT2D eigenvalue weighted by atomic mass is 10.1. The van der Waals surface area contributed by atoms with Gasteiger partial charge in [-0.1, -0.05) is 27.7 Å². The molecule has 0 saturated carbocycles. The van der Waals surface area contributed by atoms with Gasteiger partial charge in [0.2, 0.25) is 0 Å². The largest absolute Gasteiger partial charge is 0.315 e. The molecule has 0 amide bonds. The van der Waals surface area contributed by atoms with Gasteiger partial charge in [-0.05, 0) is 24.6 Å². The Morgan fingerprint density at radius 1 is 1.29 bits per heavy atom. The van der Waals surface area contributed by atoms with Crippen LogP contribution in [0.3, 0.4) is 0 Å². The number of thioether (sulfide) groups is 1. The second-order valence-corrected chi connectivity index (χ2v) is 7.21. The lowest BCUT2D eigenvalue weighted by molar-refractivity contribution is 0.750. The molecule has 0 bridgehead atoms. The van der Waals surface area contributed by atoms with E-state index in [1.54, 1.807) is 0 Å². The number of nitrogens with zero attached hydrogens (tertiary/aromatic N) is 1. The van der Waals surface area contributed by atoms with Crippen LogP contribution in [0.5, 0.6) is 0 Å². The number of hydrogen-bond donors (Lipinski definition) is 1. The Kier molecular flexibility index (Phi) is 6.52. The zero-order valence-electron chi connectivity index (χ0n) is 11.5. The highest BCUT2D eigenvalue weighted by Gasteiger charge is 2.13. The van der Waals surface area contributed by atoms with E-state index in [1.807, 2.05) is 30.1 Å². The molecule has 1 aromatic heterocycles. The van der Waals surface area contributed by atoms with Crippen LogP contribution in [0.2, 0.25) is 0 Å². The molecule has 17 heavy (non-hydrogen) atoms. The average molecular weight is 272 g/mol. The van der Waals surface area contributed by atoms with Gasteiger partial charge in [0.1, 0.15) is 5.01 Å². The Morgan fingerprint density at radius 2 is 2.00 bits per heavy atom. The molecule has 1 rings (SSSR count). The van der Waals surface area contributed by atoms with Crippen molar-refractivity contribution in [3.05, 3.63) is 15.6 Å². The normalized spacial score (nSPS) is 11.7. The van der Waals surface area contributed by atoms with Gasteiger partial charge in [0.05, 0.1) is 5.69 Å². The Balaban J connectivity index is 2.64. The van der Waals surface area contributed by atoms with E-state index in [9.17, 15) is 0 Å². The summed E-state index contributed by atoms with van der Waals surface area (Å²) in [6.45, 7) is 9.92. The highest BCUT2D eigenvalue weighted by molar-refractivity contribution is 7.98. The third-order valence-corrected chi connectivity index (χ3v) is 4.97. The van der Waals surface area contributed by atoms with Gasteiger partial charge < -0.3 is 5.32 Å². The number of rotatable bonds is 7. The molecule has 1 N–H and O–H groups in total. The van der Waals surface area contributed by atoms with Crippen LogP contribution in [0.4, 0.5) is 0 Å². The Labute approximate surface area is 114 Å². The van der Waals surface area contributed by atoms with Crippen LogP contribution in [-0.4, -0.2) is 17.8 Å². The first-order chi connectivity index (χ1) is 8.04. The maximum Gasteiger partial charge on any atom is 0.103 e. The fraction of sp³-hybridized carbons (Fsp3) is 0.769. The lowest BCUT2D eigenvalue weighted by Gasteiger charge is -2.03. The van der Waals surface area contributed by atoms with Gasteiger partial charge in [0.15, 0.2) is 0 Å². The van der Waals surface area contributed by atoms with Gasteiger partial charge in [-0.3, -0.25) is 0 Å². The van der Waals surface area contributed by atoms with Crippen LogP contribution in [0.25, 0.3) is 0 Å². The maximum absolute atomic E-state index is 4.78. The van der Waals surface area contributed by atoms with Crippen molar-refractivity contribution < 1.29 is 0 Å². The molecule has 2 nitrogen and oxygen atoms in total. The molecule has 98 valence electrons. The molecule has 0 aliphatic heterocycles. The highest BCUT2D eigenvalue weighted by Crippen LogP contribution is 2.27. The predicted octanol–water partition coefficient (Wildman–Crippen LogP) is 3.88. The third kappa shape index (κ3) is 4.98. The van der Waals surface area contributed by atoms with Crippen molar-refractivity contribution in [2.24, 2.45) is 5.92 Å². The number of aromatic nitrogens is 1. The average Bonchev–Trinajstić information content (AvgIpc) is 2.61. The summed E-state index contributed by atoms with van der Waals surface area (Å²) in [5.41, 5.74) is 1.28. The summed E-state index contributed by atoms with van der Waals surface area (Å²) in [6, 6.07) is 0. The second-order valence-electron chi connectivity index (χ2n) is 5.01. The van der Waals surface area contributed by atoms with Crippen molar-refractivity contribution in [3.8, 4) is 0 Å². The zero-order chi connectivity index (χ0) is 12.8. The van der Waals surface area contributed by atoms with E-state index in [-0.39, 0.29) is 0 Å². The fourth-order valence-electron chi connectivity index (χ4n) is 1.60. The first-order valence-electron chi connectivity index (χ1n) is 6.25. The molecule has 0 radical (unpaired) electrons. The molecule has 4 heteroatoms. The molecule has 0 atom stereocenters. The number of nitrogens with one attached hydrogen (secondary N) is 1. The van der Waals surface area contributed by atoms with Gasteiger partial charge in [0, 0.05) is 17.2 Å². The zero-order valence-corrected chi connectivity index (χ0v) is 13.2. The van der Waals surface area contributed by atoms with E-state index in [0.29, 0.717) is 5.92 Å². The van der Waals surface area contributed by atoms with Crippen molar-refractivity contribution in [1.29, 1.82) is 0 Å². The lowest BCUT2D eigenvalue weighted by Crippen LogP contribution is -2.06. The summed E-state index contributed by atoms with van der Waals surface area (Å²) < 4.78 is 0. The van der Waals surface area contributed by atoms with Crippen LogP contribution in [0.15, 0.2) is 0 Å². The molecule has 0 saturated heterocycles. The van der Waals surface area contributed by atoms with E-state index in [2.05, 4.69) is 33.0 Å². The van der Waals surface area contributed by atoms with Gasteiger partial charge in [-0.2, -0.15) is 11.8 Å². The number of hydrogen-bond acceptors (Lipinski definition) is 4. The third-order valence-electron chi connectivity index (χ3n) is 2.33. The molecule has 0 fully saturated rings. The Morgan fingerprint density at radius 3 is 2.53 bits per heavy atom. The quantitative estimate of drug-likeness (QED) is 0.815. The molecule has 0 aromatic carbocycles. The summed E-state index contributed by atoms with van der Waals surface area (Å²) in [6.07, 6.45) is 0. The highest BCUT2D eigenvalue weighted by atomic mass is 32.2. The van der Waals surface area contributed by atoms with Crippen LogP contribution < -0.4 is 5.32 Å². The van der Waals surface area contributed by atoms with Gasteiger partial charge in [-0.15, -0.1) is 11.3 Å². The van der Waals surface area contributed by atoms with Gasteiger partial charge >= 0.3 is 0 Å². The van der Waals surface area contributed by atoms with E-state index < -0.39 is 0 Å². The standard InChI is InChI=1S/C13H24N2S2/c1-9(2)7-16-8-12-15-13(10(3)4)11(17-12)6-14-5/h9-10,14H,6-8H2,1-5H3. The molecule has 0 aliphatic rings.